The van der Waals surface area contributed by atoms with Crippen LogP contribution in [0.5, 0.6) is 5.75 Å². The van der Waals surface area contributed by atoms with Gasteiger partial charge >= 0.3 is 0 Å². The number of ketones is 4. The van der Waals surface area contributed by atoms with Crippen LogP contribution in [-0.2, 0) is 32.1 Å². The van der Waals surface area contributed by atoms with E-state index in [-0.39, 0.29) is 29.7 Å². The van der Waals surface area contributed by atoms with E-state index in [1.807, 2.05) is 24.3 Å². The van der Waals surface area contributed by atoms with Crippen molar-refractivity contribution in [3.63, 3.8) is 0 Å². The first-order chi connectivity index (χ1) is 19.6. The molecule has 5 N–H and O–H groups in total. The number of carbonyl (C=O) groups is 5. The molecule has 10 nitrogen and oxygen atoms in total. The molecule has 3 aliphatic carbocycles. The fraction of sp³-hybridized carbons (Fsp3) is 0.469. The molecular weight excluding hydrogens is 538 g/mol. The Bertz CT molecular complexity index is 1520. The smallest absolute Gasteiger partial charge is 0.235 e. The average molecular weight is 576 g/mol. The number of primary amides is 1. The highest BCUT2D eigenvalue weighted by molar-refractivity contribution is 6.32. The van der Waals surface area contributed by atoms with Crippen molar-refractivity contribution in [1.82, 2.24) is 10.2 Å². The molecule has 0 saturated heterocycles. The number of aromatic hydroxyl groups is 1. The number of hydrogen-bond donors (Lipinski definition) is 4. The van der Waals surface area contributed by atoms with Gasteiger partial charge in [0.2, 0.25) is 5.91 Å². The van der Waals surface area contributed by atoms with Crippen LogP contribution in [0.4, 0.5) is 0 Å². The van der Waals surface area contributed by atoms with Crippen molar-refractivity contribution in [3.05, 3.63) is 53.1 Å². The highest BCUT2D eigenvalue weighted by Gasteiger charge is 2.69. The Labute approximate surface area is 244 Å². The molecule has 10 heteroatoms. The van der Waals surface area contributed by atoms with E-state index in [9.17, 15) is 34.2 Å². The first-order valence-electron chi connectivity index (χ1n) is 14.1. The number of nitrogens with two attached hydrogens (primary N) is 1. The molecule has 0 aliphatic heterocycles. The molecular formula is C32H37N3O7. The Morgan fingerprint density at radius 3 is 2.40 bits per heavy atom. The van der Waals surface area contributed by atoms with Gasteiger partial charge in [0.15, 0.2) is 34.7 Å². The SMILES string of the molecule is CN(C)[C@@H]1C(=O)C(C(N)=O)C(=O)[C@@]2(O)C(=O)C3C(=O)c4c(O)ccc(-c5cccc(CNC(C)(C)C)c5)c4C[C@H]3C[C@@H]12. The summed E-state index contributed by atoms with van der Waals surface area (Å²) in [6, 6.07) is 9.86. The van der Waals surface area contributed by atoms with Crippen molar-refractivity contribution in [2.45, 2.75) is 57.3 Å². The molecule has 0 radical (unpaired) electrons. The first-order valence-corrected chi connectivity index (χ1v) is 14.1. The summed E-state index contributed by atoms with van der Waals surface area (Å²) < 4.78 is 0. The third kappa shape index (κ3) is 4.58. The van der Waals surface area contributed by atoms with Gasteiger partial charge < -0.3 is 21.3 Å². The van der Waals surface area contributed by atoms with E-state index >= 15 is 0 Å². The van der Waals surface area contributed by atoms with E-state index in [0.29, 0.717) is 12.1 Å². The number of aliphatic hydroxyl groups is 1. The van der Waals surface area contributed by atoms with E-state index in [1.54, 1.807) is 20.2 Å². The fourth-order valence-corrected chi connectivity index (χ4v) is 7.09. The summed E-state index contributed by atoms with van der Waals surface area (Å²) in [6.45, 7) is 6.84. The van der Waals surface area contributed by atoms with Crippen LogP contribution < -0.4 is 11.1 Å². The minimum Gasteiger partial charge on any atom is -0.507 e. The first kappa shape index (κ1) is 29.8. The van der Waals surface area contributed by atoms with E-state index < -0.39 is 64.4 Å². The van der Waals surface area contributed by atoms with Crippen LogP contribution in [0.25, 0.3) is 11.1 Å². The van der Waals surface area contributed by atoms with Gasteiger partial charge in [-0.2, -0.15) is 0 Å². The number of likely N-dealkylation sites (N-methyl/N-ethyl adjacent to an activating group) is 1. The van der Waals surface area contributed by atoms with Gasteiger partial charge in [-0.3, -0.25) is 28.9 Å². The normalized spacial score (nSPS) is 29.3. The van der Waals surface area contributed by atoms with Crippen LogP contribution in [0.1, 0.15) is 48.7 Å². The van der Waals surface area contributed by atoms with E-state index in [2.05, 4.69) is 26.1 Å². The second-order valence-corrected chi connectivity index (χ2v) is 13.1. The number of benzene rings is 2. The molecule has 42 heavy (non-hydrogen) atoms. The largest absolute Gasteiger partial charge is 0.507 e. The van der Waals surface area contributed by atoms with Crippen molar-refractivity contribution in [3.8, 4) is 16.9 Å². The summed E-state index contributed by atoms with van der Waals surface area (Å²) >= 11 is 0. The van der Waals surface area contributed by atoms with Crippen LogP contribution in [0.3, 0.4) is 0 Å². The quantitative estimate of drug-likeness (QED) is 0.386. The van der Waals surface area contributed by atoms with Crippen molar-refractivity contribution < 1.29 is 34.2 Å². The lowest BCUT2D eigenvalue weighted by atomic mass is 9.52. The van der Waals surface area contributed by atoms with Gasteiger partial charge in [-0.1, -0.05) is 24.3 Å². The van der Waals surface area contributed by atoms with Crippen LogP contribution in [-0.4, -0.2) is 75.4 Å². The molecule has 222 valence electrons. The maximum absolute atomic E-state index is 14.0. The monoisotopic (exact) mass is 575 g/mol. The van der Waals surface area contributed by atoms with Gasteiger partial charge in [0, 0.05) is 18.0 Å². The Kier molecular flexibility index (Phi) is 7.24. The van der Waals surface area contributed by atoms with Crippen LogP contribution in [0.15, 0.2) is 36.4 Å². The van der Waals surface area contributed by atoms with Gasteiger partial charge in [0.05, 0.1) is 17.5 Å². The molecule has 3 aliphatic rings. The van der Waals surface area contributed by atoms with Crippen molar-refractivity contribution in [1.29, 1.82) is 0 Å². The molecule has 2 unspecified atom stereocenters. The average Bonchev–Trinajstić information content (AvgIpc) is 2.89. The minimum atomic E-state index is -2.74. The fourth-order valence-electron chi connectivity index (χ4n) is 7.09. The summed E-state index contributed by atoms with van der Waals surface area (Å²) in [5.41, 5.74) is 5.70. The van der Waals surface area contributed by atoms with Crippen molar-refractivity contribution in [2.24, 2.45) is 29.4 Å². The Hall–Kier alpha value is -3.73. The maximum Gasteiger partial charge on any atom is 0.235 e. The zero-order valence-corrected chi connectivity index (χ0v) is 24.4. The molecule has 2 saturated carbocycles. The third-order valence-electron chi connectivity index (χ3n) is 9.01. The molecule has 5 rings (SSSR count). The van der Waals surface area contributed by atoms with Crippen LogP contribution in [0, 0.1) is 23.7 Å². The number of phenols is 1. The molecule has 0 bridgehead atoms. The lowest BCUT2D eigenvalue weighted by molar-refractivity contribution is -0.181. The van der Waals surface area contributed by atoms with E-state index in [1.165, 1.54) is 11.0 Å². The van der Waals surface area contributed by atoms with E-state index in [4.69, 9.17) is 5.73 Å². The van der Waals surface area contributed by atoms with Crippen molar-refractivity contribution >= 4 is 29.0 Å². The van der Waals surface area contributed by atoms with Gasteiger partial charge in [-0.15, -0.1) is 0 Å². The minimum absolute atomic E-state index is 0.00847. The molecule has 1 amide bonds. The van der Waals surface area contributed by atoms with Crippen LogP contribution in [0.2, 0.25) is 0 Å². The number of nitrogens with one attached hydrogen (secondary N) is 1. The predicted molar refractivity (Wildman–Crippen MR) is 153 cm³/mol. The summed E-state index contributed by atoms with van der Waals surface area (Å²) in [5, 5.41) is 26.0. The standard InChI is InChI=1S/C32H37N3O7/c1-31(2,3)34-14-15-7-6-8-16(11-15)18-9-10-21(36)23-19(18)12-17-13-20-25(35(4)5)27(38)24(30(33)41)29(40)32(20,42)28(39)22(17)26(23)37/h6-11,17,20,22,24-25,34,36,42H,12-14H2,1-5H3,(H2,33,41)/t17-,20-,22?,24?,25-,32-/m0/s1. The number of rotatable bonds is 5. The zero-order chi connectivity index (χ0) is 30.9. The summed E-state index contributed by atoms with van der Waals surface area (Å²) in [6.07, 6.45) is 0.217. The number of Topliss-reactive ketones (excluding diaryl/α,β-unsaturated/α-hetero) is 4. The van der Waals surface area contributed by atoms with Crippen LogP contribution >= 0.6 is 0 Å². The summed E-state index contributed by atoms with van der Waals surface area (Å²) in [5.74, 6) is -10.5. The molecule has 0 heterocycles. The Balaban J connectivity index is 1.59. The molecule has 0 spiro atoms. The maximum atomic E-state index is 14.0. The highest BCUT2D eigenvalue weighted by Crippen LogP contribution is 2.51. The molecule has 2 aromatic rings. The van der Waals surface area contributed by atoms with Gasteiger partial charge in [-0.05, 0) is 88.0 Å². The number of phenolic OH excluding ortho intramolecular Hbond substituents is 1. The molecule has 2 fully saturated rings. The molecule has 0 aromatic heterocycles. The summed E-state index contributed by atoms with van der Waals surface area (Å²) in [7, 11) is 3.12. The Morgan fingerprint density at radius 1 is 1.10 bits per heavy atom. The van der Waals surface area contributed by atoms with Gasteiger partial charge in [0.1, 0.15) is 5.75 Å². The molecule has 2 aromatic carbocycles. The number of nitrogens with zero attached hydrogens (tertiary/aromatic N) is 1. The number of hydrogen-bond acceptors (Lipinski definition) is 9. The topological polar surface area (TPSA) is 167 Å². The Morgan fingerprint density at radius 2 is 1.79 bits per heavy atom. The summed E-state index contributed by atoms with van der Waals surface area (Å²) in [4.78, 5) is 68.3. The number of fused-ring (bicyclic) bond motifs is 3. The predicted octanol–water partition coefficient (Wildman–Crippen LogP) is 1.42. The lowest BCUT2D eigenvalue weighted by Crippen LogP contribution is -2.74. The lowest BCUT2D eigenvalue weighted by Gasteiger charge is -2.52. The van der Waals surface area contributed by atoms with Gasteiger partial charge in [-0.25, -0.2) is 0 Å². The highest BCUT2D eigenvalue weighted by atomic mass is 16.3. The zero-order valence-electron chi connectivity index (χ0n) is 24.4. The van der Waals surface area contributed by atoms with E-state index in [0.717, 1.165) is 16.7 Å². The third-order valence-corrected chi connectivity index (χ3v) is 9.01. The second-order valence-electron chi connectivity index (χ2n) is 13.1. The molecule has 6 atom stereocenters. The number of carbonyl (C=O) groups excluding carboxylic acids is 5. The second kappa shape index (κ2) is 10.2. The van der Waals surface area contributed by atoms with Crippen molar-refractivity contribution in [2.75, 3.05) is 14.1 Å². The van der Waals surface area contributed by atoms with Gasteiger partial charge in [0.25, 0.3) is 0 Å². The number of amides is 1.